The Kier molecular flexibility index (Phi) is 3.44. The molecule has 1 aliphatic carbocycles. The molecule has 1 N–H and O–H groups in total. The molecule has 5 nitrogen and oxygen atoms in total. The monoisotopic (exact) mass is 236 g/mol. The second-order valence-corrected chi connectivity index (χ2v) is 4.76. The van der Waals surface area contributed by atoms with Crippen LogP contribution in [0.25, 0.3) is 10.4 Å². The van der Waals surface area contributed by atoms with Gasteiger partial charge in [0.05, 0.1) is 4.88 Å². The van der Waals surface area contributed by atoms with Gasteiger partial charge >= 0.3 is 0 Å². The maximum Gasteiger partial charge on any atom is 0.261 e. The Morgan fingerprint density at radius 1 is 1.62 bits per heavy atom. The molecular weight excluding hydrogens is 224 g/mol. The Labute approximate surface area is 97.1 Å². The van der Waals surface area contributed by atoms with Crippen LogP contribution >= 0.6 is 11.3 Å². The summed E-state index contributed by atoms with van der Waals surface area (Å²) in [6.07, 6.45) is 3.41. The molecule has 0 fully saturated rings. The zero-order valence-electron chi connectivity index (χ0n) is 8.77. The van der Waals surface area contributed by atoms with Crippen LogP contribution in [0.2, 0.25) is 0 Å². The molecule has 0 aliphatic heterocycles. The maximum absolute atomic E-state index is 11.7. The lowest BCUT2D eigenvalue weighted by Crippen LogP contribution is -2.25. The van der Waals surface area contributed by atoms with Gasteiger partial charge in [0.15, 0.2) is 0 Å². The number of rotatable bonds is 4. The molecule has 0 saturated carbocycles. The van der Waals surface area contributed by atoms with Crippen molar-refractivity contribution >= 4 is 17.2 Å². The molecule has 0 saturated heterocycles. The molecule has 1 aromatic heterocycles. The van der Waals surface area contributed by atoms with E-state index < -0.39 is 0 Å². The fourth-order valence-corrected chi connectivity index (χ4v) is 2.96. The average Bonchev–Trinajstić information content (AvgIpc) is 2.83. The van der Waals surface area contributed by atoms with Gasteiger partial charge in [-0.05, 0) is 36.4 Å². The SMILES string of the molecule is [N-]=[N+]=NCCNC(=O)c1cc2c(s1)CCC2. The number of azide groups is 1. The minimum absolute atomic E-state index is 0.0625. The highest BCUT2D eigenvalue weighted by molar-refractivity contribution is 7.14. The second-order valence-electron chi connectivity index (χ2n) is 3.62. The number of nitrogens with one attached hydrogen (secondary N) is 1. The Bertz CT molecular complexity index is 426. The zero-order valence-corrected chi connectivity index (χ0v) is 9.59. The van der Waals surface area contributed by atoms with Gasteiger partial charge in [-0.2, -0.15) is 0 Å². The fourth-order valence-electron chi connectivity index (χ4n) is 1.79. The number of amides is 1. The highest BCUT2D eigenvalue weighted by Gasteiger charge is 2.17. The van der Waals surface area contributed by atoms with Crippen molar-refractivity contribution in [1.29, 1.82) is 0 Å². The van der Waals surface area contributed by atoms with Crippen LogP contribution in [0.4, 0.5) is 0 Å². The number of aryl methyl sites for hydroxylation is 2. The molecule has 0 radical (unpaired) electrons. The van der Waals surface area contributed by atoms with Gasteiger partial charge in [0.25, 0.3) is 5.91 Å². The normalized spacial score (nSPS) is 13.0. The predicted octanol–water partition coefficient (Wildman–Crippen LogP) is 2.28. The van der Waals surface area contributed by atoms with Crippen molar-refractivity contribution in [2.24, 2.45) is 5.11 Å². The van der Waals surface area contributed by atoms with Crippen LogP contribution in [0, 0.1) is 0 Å². The van der Waals surface area contributed by atoms with Gasteiger partial charge in [-0.25, -0.2) is 0 Å². The molecule has 0 aromatic carbocycles. The fraction of sp³-hybridized carbons (Fsp3) is 0.500. The molecule has 0 atom stereocenters. The van der Waals surface area contributed by atoms with Gasteiger partial charge in [-0.15, -0.1) is 11.3 Å². The lowest BCUT2D eigenvalue weighted by Gasteiger charge is -1.99. The summed E-state index contributed by atoms with van der Waals surface area (Å²) in [5.74, 6) is -0.0625. The predicted molar refractivity (Wildman–Crippen MR) is 62.7 cm³/mol. The van der Waals surface area contributed by atoms with Crippen molar-refractivity contribution in [2.75, 3.05) is 13.1 Å². The van der Waals surface area contributed by atoms with Crippen LogP contribution in [-0.4, -0.2) is 19.0 Å². The van der Waals surface area contributed by atoms with E-state index in [9.17, 15) is 4.79 Å². The van der Waals surface area contributed by atoms with Crippen LogP contribution < -0.4 is 5.32 Å². The van der Waals surface area contributed by atoms with Crippen molar-refractivity contribution < 1.29 is 4.79 Å². The quantitative estimate of drug-likeness (QED) is 0.370. The smallest absolute Gasteiger partial charge is 0.261 e. The maximum atomic E-state index is 11.7. The van der Waals surface area contributed by atoms with E-state index in [2.05, 4.69) is 15.3 Å². The first-order chi connectivity index (χ1) is 7.81. The second kappa shape index (κ2) is 5.01. The van der Waals surface area contributed by atoms with E-state index in [4.69, 9.17) is 5.53 Å². The molecule has 1 aromatic rings. The highest BCUT2D eigenvalue weighted by atomic mass is 32.1. The van der Waals surface area contributed by atoms with E-state index in [-0.39, 0.29) is 5.91 Å². The zero-order chi connectivity index (χ0) is 11.4. The lowest BCUT2D eigenvalue weighted by molar-refractivity contribution is 0.0959. The van der Waals surface area contributed by atoms with Crippen molar-refractivity contribution in [1.82, 2.24) is 5.32 Å². The Morgan fingerprint density at radius 2 is 2.50 bits per heavy atom. The Balaban J connectivity index is 1.91. The molecular formula is C10H12N4OS. The molecule has 1 aliphatic rings. The molecule has 0 spiro atoms. The lowest BCUT2D eigenvalue weighted by atomic mass is 10.2. The summed E-state index contributed by atoms with van der Waals surface area (Å²) in [5, 5.41) is 6.09. The van der Waals surface area contributed by atoms with Gasteiger partial charge in [0, 0.05) is 22.9 Å². The van der Waals surface area contributed by atoms with E-state index in [1.165, 1.54) is 16.9 Å². The summed E-state index contributed by atoms with van der Waals surface area (Å²) in [6.45, 7) is 0.693. The topological polar surface area (TPSA) is 77.9 Å². The van der Waals surface area contributed by atoms with Crippen LogP contribution in [0.3, 0.4) is 0 Å². The van der Waals surface area contributed by atoms with E-state index in [0.717, 1.165) is 17.7 Å². The number of hydrogen-bond donors (Lipinski definition) is 1. The van der Waals surface area contributed by atoms with Crippen molar-refractivity contribution in [3.8, 4) is 0 Å². The van der Waals surface area contributed by atoms with Crippen molar-refractivity contribution in [2.45, 2.75) is 19.3 Å². The summed E-state index contributed by atoms with van der Waals surface area (Å²) >= 11 is 1.58. The summed E-state index contributed by atoms with van der Waals surface area (Å²) in [4.78, 5) is 16.4. The number of carbonyl (C=O) groups is 1. The number of nitrogens with zero attached hydrogens (tertiary/aromatic N) is 3. The van der Waals surface area contributed by atoms with E-state index >= 15 is 0 Å². The first-order valence-corrected chi connectivity index (χ1v) is 6.03. The Morgan fingerprint density at radius 3 is 3.25 bits per heavy atom. The van der Waals surface area contributed by atoms with E-state index in [0.29, 0.717) is 13.1 Å². The Hall–Kier alpha value is -1.52. The molecule has 1 heterocycles. The van der Waals surface area contributed by atoms with Gasteiger partial charge in [-0.3, -0.25) is 4.79 Å². The average molecular weight is 236 g/mol. The first-order valence-electron chi connectivity index (χ1n) is 5.22. The van der Waals surface area contributed by atoms with Crippen LogP contribution in [0.5, 0.6) is 0 Å². The number of thiophene rings is 1. The number of fused-ring (bicyclic) bond motifs is 1. The van der Waals surface area contributed by atoms with E-state index in [1.54, 1.807) is 11.3 Å². The molecule has 84 valence electrons. The number of hydrogen-bond acceptors (Lipinski definition) is 3. The van der Waals surface area contributed by atoms with Crippen LogP contribution in [0.1, 0.15) is 26.5 Å². The first kappa shape index (κ1) is 11.0. The molecule has 0 bridgehead atoms. The largest absolute Gasteiger partial charge is 0.351 e. The highest BCUT2D eigenvalue weighted by Crippen LogP contribution is 2.30. The number of carbonyl (C=O) groups excluding carboxylic acids is 1. The van der Waals surface area contributed by atoms with Gasteiger partial charge < -0.3 is 5.32 Å². The minimum Gasteiger partial charge on any atom is -0.351 e. The molecule has 2 rings (SSSR count). The summed E-state index contributed by atoms with van der Waals surface area (Å²) in [5.41, 5.74) is 9.40. The van der Waals surface area contributed by atoms with E-state index in [1.807, 2.05) is 6.07 Å². The molecule has 6 heteroatoms. The molecule has 16 heavy (non-hydrogen) atoms. The van der Waals surface area contributed by atoms with Crippen LogP contribution in [0.15, 0.2) is 11.2 Å². The minimum atomic E-state index is -0.0625. The summed E-state index contributed by atoms with van der Waals surface area (Å²) in [6, 6.07) is 1.98. The van der Waals surface area contributed by atoms with Crippen LogP contribution in [-0.2, 0) is 12.8 Å². The van der Waals surface area contributed by atoms with Gasteiger partial charge in [0.2, 0.25) is 0 Å². The third kappa shape index (κ3) is 2.35. The third-order valence-electron chi connectivity index (χ3n) is 2.53. The molecule has 1 amide bonds. The summed E-state index contributed by atoms with van der Waals surface area (Å²) < 4.78 is 0. The van der Waals surface area contributed by atoms with Gasteiger partial charge in [-0.1, -0.05) is 5.11 Å². The van der Waals surface area contributed by atoms with Crippen molar-refractivity contribution in [3.63, 3.8) is 0 Å². The third-order valence-corrected chi connectivity index (χ3v) is 3.77. The van der Waals surface area contributed by atoms with Crippen molar-refractivity contribution in [3.05, 3.63) is 31.8 Å². The van der Waals surface area contributed by atoms with Gasteiger partial charge in [0.1, 0.15) is 0 Å². The summed E-state index contributed by atoms with van der Waals surface area (Å²) in [7, 11) is 0. The molecule has 0 unspecified atom stereocenters. The standard InChI is InChI=1S/C10H12N4OS/c11-14-13-5-4-12-10(15)9-6-7-2-1-3-8(7)16-9/h6H,1-5H2,(H,12,15).